The summed E-state index contributed by atoms with van der Waals surface area (Å²) < 4.78 is 5.02. The van der Waals surface area contributed by atoms with Crippen molar-refractivity contribution in [2.24, 2.45) is 0 Å². The van der Waals surface area contributed by atoms with Gasteiger partial charge in [0.1, 0.15) is 0 Å². The number of fused-ring (bicyclic) bond motifs is 8. The van der Waals surface area contributed by atoms with Gasteiger partial charge in [-0.2, -0.15) is 0 Å². The van der Waals surface area contributed by atoms with E-state index in [0.717, 1.165) is 50.1 Å². The van der Waals surface area contributed by atoms with Gasteiger partial charge < -0.3 is 4.57 Å². The van der Waals surface area contributed by atoms with Crippen LogP contribution in [0.2, 0.25) is 0 Å². The second-order valence-electron chi connectivity index (χ2n) is 15.2. The number of nitrogens with zero attached hydrogens (tertiary/aromatic N) is 4. The van der Waals surface area contributed by atoms with E-state index in [1.807, 2.05) is 29.5 Å². The van der Waals surface area contributed by atoms with Crippen LogP contribution >= 0.6 is 11.3 Å². The zero-order chi connectivity index (χ0) is 39.6. The van der Waals surface area contributed by atoms with Gasteiger partial charge in [0.2, 0.25) is 0 Å². The van der Waals surface area contributed by atoms with E-state index in [1.165, 1.54) is 47.3 Å². The van der Waals surface area contributed by atoms with Gasteiger partial charge in [0.25, 0.3) is 0 Å². The SMILES string of the molecule is c1ccc(-c2nc(-c3ccc(-c4ccc5c(c4)sc4ccccc45)cc3)nc(-c3ccc(-c4ccccc4)c(-n4c5ccccc5c5c6ccccc6ccc54)c3)n2)cc1. The smallest absolute Gasteiger partial charge is 0.164 e. The molecule has 0 bridgehead atoms. The Labute approximate surface area is 350 Å². The Balaban J connectivity index is 1.03. The van der Waals surface area contributed by atoms with E-state index in [2.05, 4.69) is 193 Å². The van der Waals surface area contributed by atoms with Crippen LogP contribution in [-0.4, -0.2) is 19.5 Å². The van der Waals surface area contributed by atoms with Crippen LogP contribution in [-0.2, 0) is 0 Å². The molecule has 0 N–H and O–H groups in total. The zero-order valence-corrected chi connectivity index (χ0v) is 33.1. The van der Waals surface area contributed by atoms with Crippen molar-refractivity contribution in [3.8, 4) is 62.1 Å². The fraction of sp³-hybridized carbons (Fsp3) is 0. The lowest BCUT2D eigenvalue weighted by molar-refractivity contribution is 1.07. The Morgan fingerprint density at radius 2 is 0.900 bits per heavy atom. The first-order valence-corrected chi connectivity index (χ1v) is 21.0. The van der Waals surface area contributed by atoms with Gasteiger partial charge in [0.15, 0.2) is 17.5 Å². The largest absolute Gasteiger partial charge is 0.309 e. The lowest BCUT2D eigenvalue weighted by atomic mass is 10.00. The van der Waals surface area contributed by atoms with Gasteiger partial charge in [-0.1, -0.05) is 176 Å². The van der Waals surface area contributed by atoms with Crippen molar-refractivity contribution < 1.29 is 0 Å². The van der Waals surface area contributed by atoms with Gasteiger partial charge in [-0.15, -0.1) is 11.3 Å². The predicted molar refractivity (Wildman–Crippen MR) is 252 cm³/mol. The van der Waals surface area contributed by atoms with Crippen LogP contribution in [0, 0.1) is 0 Å². The van der Waals surface area contributed by atoms with E-state index in [4.69, 9.17) is 15.0 Å². The van der Waals surface area contributed by atoms with Crippen LogP contribution in [0.4, 0.5) is 0 Å². The van der Waals surface area contributed by atoms with Gasteiger partial charge in [-0.25, -0.2) is 15.0 Å². The van der Waals surface area contributed by atoms with Gasteiger partial charge in [-0.3, -0.25) is 0 Å². The van der Waals surface area contributed by atoms with Crippen LogP contribution in [0.1, 0.15) is 0 Å². The molecule has 4 nitrogen and oxygen atoms in total. The van der Waals surface area contributed by atoms with E-state index in [-0.39, 0.29) is 0 Å². The Kier molecular flexibility index (Phi) is 8.00. The minimum atomic E-state index is 0.616. The summed E-state index contributed by atoms with van der Waals surface area (Å²) in [5.74, 6) is 1.87. The Morgan fingerprint density at radius 1 is 0.333 bits per heavy atom. The van der Waals surface area contributed by atoms with Crippen LogP contribution in [0.5, 0.6) is 0 Å². The predicted octanol–water partition coefficient (Wildman–Crippen LogP) is 14.8. The summed E-state index contributed by atoms with van der Waals surface area (Å²) in [6.07, 6.45) is 0. The number of rotatable bonds is 6. The van der Waals surface area contributed by atoms with Crippen LogP contribution in [0.25, 0.3) is 115 Å². The second-order valence-corrected chi connectivity index (χ2v) is 16.3. The number of hydrogen-bond donors (Lipinski definition) is 0. The van der Waals surface area contributed by atoms with Crippen molar-refractivity contribution in [1.82, 2.24) is 19.5 Å². The Hall–Kier alpha value is -7.73. The third-order valence-electron chi connectivity index (χ3n) is 11.7. The topological polar surface area (TPSA) is 43.6 Å². The molecule has 0 saturated carbocycles. The highest BCUT2D eigenvalue weighted by Crippen LogP contribution is 2.41. The van der Waals surface area contributed by atoms with Crippen LogP contribution < -0.4 is 0 Å². The highest BCUT2D eigenvalue weighted by atomic mass is 32.1. The summed E-state index contributed by atoms with van der Waals surface area (Å²) >= 11 is 1.84. The van der Waals surface area contributed by atoms with E-state index >= 15 is 0 Å². The molecule has 280 valence electrons. The number of benzene rings is 9. The van der Waals surface area contributed by atoms with Crippen LogP contribution in [0.3, 0.4) is 0 Å². The lowest BCUT2D eigenvalue weighted by Crippen LogP contribution is -2.02. The zero-order valence-electron chi connectivity index (χ0n) is 32.3. The van der Waals surface area contributed by atoms with Crippen molar-refractivity contribution >= 4 is 64.1 Å². The molecule has 0 aliphatic rings. The van der Waals surface area contributed by atoms with Gasteiger partial charge >= 0.3 is 0 Å². The molecule has 0 fully saturated rings. The monoisotopic (exact) mass is 782 g/mol. The molecule has 0 saturated heterocycles. The molecule has 0 radical (unpaired) electrons. The maximum Gasteiger partial charge on any atom is 0.164 e. The molecule has 0 aliphatic heterocycles. The van der Waals surface area contributed by atoms with Crippen molar-refractivity contribution in [3.05, 3.63) is 206 Å². The fourth-order valence-electron chi connectivity index (χ4n) is 8.78. The number of thiophene rings is 1. The molecule has 3 aromatic heterocycles. The highest BCUT2D eigenvalue weighted by molar-refractivity contribution is 7.25. The summed E-state index contributed by atoms with van der Waals surface area (Å²) in [5.41, 5.74) is 10.7. The van der Waals surface area contributed by atoms with Crippen molar-refractivity contribution in [2.75, 3.05) is 0 Å². The first kappa shape index (κ1) is 34.3. The third kappa shape index (κ3) is 5.70. The fourth-order valence-corrected chi connectivity index (χ4v) is 9.93. The maximum atomic E-state index is 5.23. The van der Waals surface area contributed by atoms with Crippen LogP contribution in [0.15, 0.2) is 206 Å². The Morgan fingerprint density at radius 3 is 1.68 bits per heavy atom. The summed E-state index contributed by atoms with van der Waals surface area (Å²) in [5, 5.41) is 7.53. The molecule has 12 aromatic rings. The molecule has 0 amide bonds. The normalized spacial score (nSPS) is 11.7. The molecule has 12 rings (SSSR count). The highest BCUT2D eigenvalue weighted by Gasteiger charge is 2.20. The molecular formula is C55H34N4S. The first-order chi connectivity index (χ1) is 29.7. The molecule has 9 aromatic carbocycles. The lowest BCUT2D eigenvalue weighted by Gasteiger charge is -2.16. The molecule has 0 spiro atoms. The molecule has 0 unspecified atom stereocenters. The standard InChI is InChI=1S/C55H34N4S/c1-3-13-36(14-4-1)42-30-28-41(33-49(42)59-47-21-11-9-20-46(47)52-43-18-8-7-15-37(43)29-32-48(52)59)55-57-53(38-16-5-2-6-17-38)56-54(58-55)39-25-23-35(24-26-39)40-27-31-45-44-19-10-12-22-50(44)60-51(45)34-40/h1-34H. The molecular weight excluding hydrogens is 749 g/mol. The number of para-hydroxylation sites is 1. The van der Waals surface area contributed by atoms with Crippen molar-refractivity contribution in [3.63, 3.8) is 0 Å². The second kappa shape index (κ2) is 14.0. The van der Waals surface area contributed by atoms with E-state index in [0.29, 0.717) is 17.5 Å². The summed E-state index contributed by atoms with van der Waals surface area (Å²) in [6.45, 7) is 0. The minimum absolute atomic E-state index is 0.616. The van der Waals surface area contributed by atoms with E-state index in [9.17, 15) is 0 Å². The van der Waals surface area contributed by atoms with Gasteiger partial charge in [0, 0.05) is 53.2 Å². The summed E-state index contributed by atoms with van der Waals surface area (Å²) in [4.78, 5) is 15.5. The van der Waals surface area contributed by atoms with E-state index < -0.39 is 0 Å². The molecule has 0 aliphatic carbocycles. The van der Waals surface area contributed by atoms with E-state index in [1.54, 1.807) is 0 Å². The number of aromatic nitrogens is 4. The van der Waals surface area contributed by atoms with Crippen molar-refractivity contribution in [2.45, 2.75) is 0 Å². The average molecular weight is 783 g/mol. The quantitative estimate of drug-likeness (QED) is 0.169. The Bertz CT molecular complexity index is 3590. The molecule has 5 heteroatoms. The molecule has 60 heavy (non-hydrogen) atoms. The average Bonchev–Trinajstić information content (AvgIpc) is 3.87. The van der Waals surface area contributed by atoms with Crippen molar-refractivity contribution in [1.29, 1.82) is 0 Å². The molecule has 3 heterocycles. The number of hydrogen-bond acceptors (Lipinski definition) is 4. The first-order valence-electron chi connectivity index (χ1n) is 20.2. The third-order valence-corrected chi connectivity index (χ3v) is 12.8. The minimum Gasteiger partial charge on any atom is -0.309 e. The molecule has 0 atom stereocenters. The van der Waals surface area contributed by atoms with Gasteiger partial charge in [-0.05, 0) is 57.8 Å². The maximum absolute atomic E-state index is 5.23. The van der Waals surface area contributed by atoms with Gasteiger partial charge in [0.05, 0.1) is 16.7 Å². The summed E-state index contributed by atoms with van der Waals surface area (Å²) in [7, 11) is 0. The summed E-state index contributed by atoms with van der Waals surface area (Å²) in [6, 6.07) is 73.4.